The molecule has 268 valence electrons. The Hall–Kier alpha value is -5.45. The van der Waals surface area contributed by atoms with Crippen LogP contribution in [0.4, 0.5) is 0 Å². The average molecular weight is 789 g/mol. The van der Waals surface area contributed by atoms with E-state index in [0.29, 0.717) is 44.1 Å². The van der Waals surface area contributed by atoms with E-state index < -0.39 is 12.0 Å². The maximum Gasteiger partial charge on any atom is 0.338 e. The van der Waals surface area contributed by atoms with Gasteiger partial charge in [-0.1, -0.05) is 101 Å². The first-order valence-electron chi connectivity index (χ1n) is 17.4. The van der Waals surface area contributed by atoms with Crippen molar-refractivity contribution in [2.75, 3.05) is 20.8 Å². The Labute approximate surface area is 320 Å². The number of benzene rings is 4. The van der Waals surface area contributed by atoms with Crippen LogP contribution in [0.3, 0.4) is 0 Å². The van der Waals surface area contributed by atoms with Crippen LogP contribution in [0, 0.1) is 0 Å². The van der Waals surface area contributed by atoms with Crippen molar-refractivity contribution in [2.24, 2.45) is 4.99 Å². The quantitative estimate of drug-likeness (QED) is 0.123. The van der Waals surface area contributed by atoms with E-state index in [1.807, 2.05) is 67.6 Å². The molecule has 53 heavy (non-hydrogen) atoms. The number of thiazole rings is 1. The van der Waals surface area contributed by atoms with Gasteiger partial charge in [0.15, 0.2) is 4.80 Å². The molecule has 0 radical (unpaired) electrons. The van der Waals surface area contributed by atoms with Crippen LogP contribution in [-0.2, 0) is 9.53 Å². The van der Waals surface area contributed by atoms with E-state index in [4.69, 9.17) is 19.2 Å². The number of methoxy groups -OCH3 is 2. The van der Waals surface area contributed by atoms with Crippen LogP contribution >= 0.6 is 27.3 Å². The fraction of sp³-hybridized carbons (Fsp3) is 0.186. The summed E-state index contributed by atoms with van der Waals surface area (Å²) < 4.78 is 22.3. The summed E-state index contributed by atoms with van der Waals surface area (Å²) >= 11 is 4.90. The minimum atomic E-state index is -0.861. The first-order chi connectivity index (χ1) is 25.9. The second-order valence-electron chi connectivity index (χ2n) is 12.4. The molecule has 1 aliphatic heterocycles. The summed E-state index contributed by atoms with van der Waals surface area (Å²) in [6.07, 6.45) is 3.21. The monoisotopic (exact) mass is 787 g/mol. The highest BCUT2D eigenvalue weighted by molar-refractivity contribution is 9.10. The fourth-order valence-corrected chi connectivity index (χ4v) is 8.10. The molecule has 7 rings (SSSR count). The van der Waals surface area contributed by atoms with Crippen molar-refractivity contribution in [1.29, 1.82) is 0 Å². The number of esters is 1. The van der Waals surface area contributed by atoms with Crippen LogP contribution in [0.1, 0.15) is 43.9 Å². The minimum Gasteiger partial charge on any atom is -0.497 e. The van der Waals surface area contributed by atoms with Gasteiger partial charge in [-0.15, -0.1) is 0 Å². The third-order valence-corrected chi connectivity index (χ3v) is 10.7. The number of fused-ring (bicyclic) bond motifs is 1. The number of hydrogen-bond donors (Lipinski definition) is 0. The lowest BCUT2D eigenvalue weighted by Gasteiger charge is -2.27. The van der Waals surface area contributed by atoms with Gasteiger partial charge in [-0.2, -0.15) is 0 Å². The van der Waals surface area contributed by atoms with Crippen molar-refractivity contribution in [1.82, 2.24) is 9.13 Å². The van der Waals surface area contributed by atoms with Gasteiger partial charge in [0.1, 0.15) is 17.5 Å². The standard InChI is InChI=1S/C43H38BrN3O5S/c1-5-13-34-38(42(49)52-6-2)40(33-26-32(50-3)22-23-36(33)51-4)47-41(48)37(53-43(47)45-34)25-29-24-35(27-14-9-7-10-15-27)46(31-20-18-30(44)19-21-31)39(29)28-16-11-8-12-17-28/h7-12,14-26,40H,5-6,13H2,1-4H3/b37-25-/t40-/m0/s1. The fourth-order valence-electron chi connectivity index (χ4n) is 6.82. The molecule has 1 aliphatic rings. The zero-order chi connectivity index (χ0) is 37.1. The molecule has 0 amide bonds. The molecule has 0 unspecified atom stereocenters. The molecule has 0 fully saturated rings. The van der Waals surface area contributed by atoms with E-state index >= 15 is 0 Å². The highest BCUT2D eigenvalue weighted by atomic mass is 79.9. The molecule has 0 bridgehead atoms. The Morgan fingerprint density at radius 3 is 2.23 bits per heavy atom. The molecule has 1 atom stereocenters. The summed E-state index contributed by atoms with van der Waals surface area (Å²) in [7, 11) is 3.15. The largest absolute Gasteiger partial charge is 0.497 e. The van der Waals surface area contributed by atoms with Gasteiger partial charge in [-0.25, -0.2) is 9.79 Å². The number of carbonyl (C=O) groups is 1. The SMILES string of the molecule is CCCC1=C(C(=O)OCC)[C@H](c2cc(OC)ccc2OC)n2c(s/c(=C\c3cc(-c4ccccc4)n(-c4ccc(Br)cc4)c3-c3ccccc3)c2=O)=N1. The van der Waals surface area contributed by atoms with Gasteiger partial charge in [0, 0.05) is 21.3 Å². The number of hydrogen-bond acceptors (Lipinski definition) is 7. The molecule has 0 spiro atoms. The summed E-state index contributed by atoms with van der Waals surface area (Å²) in [6, 6.07) is 35.3. The molecule has 10 heteroatoms. The molecule has 3 heterocycles. The lowest BCUT2D eigenvalue weighted by atomic mass is 9.93. The number of allylic oxidation sites excluding steroid dienone is 1. The van der Waals surface area contributed by atoms with E-state index in [1.165, 1.54) is 11.3 Å². The predicted octanol–water partition coefficient (Wildman–Crippen LogP) is 8.48. The molecule has 6 aromatic rings. The molecule has 4 aromatic carbocycles. The van der Waals surface area contributed by atoms with Crippen LogP contribution in [0.15, 0.2) is 135 Å². The Bertz CT molecular complexity index is 2500. The maximum absolute atomic E-state index is 14.9. The lowest BCUT2D eigenvalue weighted by Crippen LogP contribution is -2.40. The second-order valence-corrected chi connectivity index (χ2v) is 14.3. The van der Waals surface area contributed by atoms with Gasteiger partial charge < -0.3 is 18.8 Å². The maximum atomic E-state index is 14.9. The summed E-state index contributed by atoms with van der Waals surface area (Å²) in [5.74, 6) is 0.556. The van der Waals surface area contributed by atoms with Crippen LogP contribution in [0.25, 0.3) is 34.3 Å². The number of halogens is 1. The highest BCUT2D eigenvalue weighted by Gasteiger charge is 2.36. The topological polar surface area (TPSA) is 84.0 Å². The number of ether oxygens (including phenoxy) is 3. The zero-order valence-electron chi connectivity index (χ0n) is 29.8. The van der Waals surface area contributed by atoms with Gasteiger partial charge in [0.05, 0.1) is 48.0 Å². The minimum absolute atomic E-state index is 0.176. The van der Waals surface area contributed by atoms with Crippen LogP contribution in [0.2, 0.25) is 0 Å². The molecular formula is C43H38BrN3O5S. The number of rotatable bonds is 11. The van der Waals surface area contributed by atoms with Crippen molar-refractivity contribution >= 4 is 39.3 Å². The lowest BCUT2D eigenvalue weighted by molar-refractivity contribution is -0.139. The molecule has 0 saturated carbocycles. The van der Waals surface area contributed by atoms with Crippen molar-refractivity contribution in [3.63, 3.8) is 0 Å². The van der Waals surface area contributed by atoms with E-state index in [2.05, 4.69) is 63.0 Å². The van der Waals surface area contributed by atoms with Gasteiger partial charge in [-0.3, -0.25) is 9.36 Å². The zero-order valence-corrected chi connectivity index (χ0v) is 32.2. The molecule has 8 nitrogen and oxygen atoms in total. The first-order valence-corrected chi connectivity index (χ1v) is 19.0. The number of carbonyl (C=O) groups excluding carboxylic acids is 1. The summed E-state index contributed by atoms with van der Waals surface area (Å²) in [5, 5.41) is 0. The average Bonchev–Trinajstić information content (AvgIpc) is 3.72. The molecule has 2 aromatic heterocycles. The van der Waals surface area contributed by atoms with Crippen molar-refractivity contribution in [3.05, 3.63) is 156 Å². The number of nitrogens with zero attached hydrogens (tertiary/aromatic N) is 3. The Morgan fingerprint density at radius 1 is 0.887 bits per heavy atom. The summed E-state index contributed by atoms with van der Waals surface area (Å²) in [4.78, 5) is 34.2. The van der Waals surface area contributed by atoms with Gasteiger partial charge in [0.2, 0.25) is 0 Å². The van der Waals surface area contributed by atoms with Crippen molar-refractivity contribution in [3.8, 4) is 39.7 Å². The Kier molecular flexibility index (Phi) is 10.6. The third-order valence-electron chi connectivity index (χ3n) is 9.14. The first kappa shape index (κ1) is 35.9. The van der Waals surface area contributed by atoms with E-state index in [0.717, 1.165) is 44.7 Å². The van der Waals surface area contributed by atoms with Crippen molar-refractivity contribution in [2.45, 2.75) is 32.7 Å². The van der Waals surface area contributed by atoms with Crippen LogP contribution in [0.5, 0.6) is 11.5 Å². The van der Waals surface area contributed by atoms with Gasteiger partial charge in [0.25, 0.3) is 5.56 Å². The number of aromatic nitrogens is 2. The summed E-state index contributed by atoms with van der Waals surface area (Å²) in [6.45, 7) is 3.98. The Morgan fingerprint density at radius 2 is 1.58 bits per heavy atom. The van der Waals surface area contributed by atoms with Crippen molar-refractivity contribution < 1.29 is 19.0 Å². The smallest absolute Gasteiger partial charge is 0.338 e. The predicted molar refractivity (Wildman–Crippen MR) is 214 cm³/mol. The second kappa shape index (κ2) is 15.7. The van der Waals surface area contributed by atoms with E-state index in [9.17, 15) is 9.59 Å². The highest BCUT2D eigenvalue weighted by Crippen LogP contribution is 2.40. The van der Waals surface area contributed by atoms with Crippen LogP contribution in [-0.4, -0.2) is 35.9 Å². The van der Waals surface area contributed by atoms with E-state index in [1.54, 1.807) is 37.8 Å². The van der Waals surface area contributed by atoms with Gasteiger partial charge in [-0.05, 0) is 79.1 Å². The third kappa shape index (κ3) is 6.92. The molecule has 0 N–H and O–H groups in total. The van der Waals surface area contributed by atoms with E-state index in [-0.39, 0.29) is 12.2 Å². The molecular weight excluding hydrogens is 750 g/mol. The van der Waals surface area contributed by atoms with Crippen LogP contribution < -0.4 is 24.4 Å². The van der Waals surface area contributed by atoms with Gasteiger partial charge >= 0.3 is 5.97 Å². The summed E-state index contributed by atoms with van der Waals surface area (Å²) in [5.41, 5.74) is 6.98. The molecule has 0 aliphatic carbocycles. The Balaban J connectivity index is 1.54. The normalized spacial score (nSPS) is 14.1. The molecule has 0 saturated heterocycles.